The fourth-order valence-electron chi connectivity index (χ4n) is 2.38. The summed E-state index contributed by atoms with van der Waals surface area (Å²) in [5, 5.41) is 11.5. The fraction of sp³-hybridized carbons (Fsp3) is 0.786. The van der Waals surface area contributed by atoms with Crippen molar-refractivity contribution < 1.29 is 24.2 Å². The van der Waals surface area contributed by atoms with Gasteiger partial charge in [-0.15, -0.1) is 0 Å². The highest BCUT2D eigenvalue weighted by atomic mass is 16.5. The molecule has 2 amide bonds. The number of carbonyl (C=O) groups is 3. The number of esters is 1. The second-order valence-electron chi connectivity index (χ2n) is 5.34. The van der Waals surface area contributed by atoms with Crippen LogP contribution in [0.2, 0.25) is 0 Å². The van der Waals surface area contributed by atoms with Gasteiger partial charge < -0.3 is 20.1 Å². The van der Waals surface area contributed by atoms with Gasteiger partial charge in [0.25, 0.3) is 0 Å². The van der Waals surface area contributed by atoms with Crippen LogP contribution in [0, 0.1) is 5.92 Å². The van der Waals surface area contributed by atoms with Crippen LogP contribution < -0.4 is 5.32 Å². The first kappa shape index (κ1) is 17.3. The molecule has 0 aromatic heterocycles. The highest BCUT2D eigenvalue weighted by Gasteiger charge is 2.32. The smallest absolute Gasteiger partial charge is 0.328 e. The fourth-order valence-corrected chi connectivity index (χ4v) is 2.38. The van der Waals surface area contributed by atoms with Crippen LogP contribution in [0.3, 0.4) is 0 Å². The summed E-state index contributed by atoms with van der Waals surface area (Å²) in [5.74, 6) is -1.63. The van der Waals surface area contributed by atoms with Gasteiger partial charge in [-0.05, 0) is 32.1 Å². The number of carboxylic acids is 1. The molecule has 1 fully saturated rings. The highest BCUT2D eigenvalue weighted by molar-refractivity contribution is 5.83. The number of carboxylic acid groups (broad SMARTS) is 1. The van der Waals surface area contributed by atoms with Gasteiger partial charge in [0.05, 0.1) is 13.0 Å². The van der Waals surface area contributed by atoms with Crippen LogP contribution in [0.15, 0.2) is 0 Å². The number of hydrogen-bond acceptors (Lipinski definition) is 4. The van der Waals surface area contributed by atoms with Crippen molar-refractivity contribution in [3.8, 4) is 0 Å². The predicted octanol–water partition coefficient (Wildman–Crippen LogP) is 1.22. The third kappa shape index (κ3) is 5.24. The Morgan fingerprint density at radius 1 is 1.38 bits per heavy atom. The van der Waals surface area contributed by atoms with E-state index < -0.39 is 17.9 Å². The number of rotatable bonds is 6. The number of nitrogens with zero attached hydrogens (tertiary/aromatic N) is 1. The number of methoxy groups -OCH3 is 1. The van der Waals surface area contributed by atoms with E-state index in [0.29, 0.717) is 32.4 Å². The first-order valence-electron chi connectivity index (χ1n) is 7.32. The zero-order valence-electron chi connectivity index (χ0n) is 12.6. The van der Waals surface area contributed by atoms with Crippen LogP contribution >= 0.6 is 0 Å². The summed E-state index contributed by atoms with van der Waals surface area (Å²) in [6.07, 6.45) is 3.50. The molecule has 0 aromatic carbocycles. The number of piperidine rings is 1. The Bertz CT molecular complexity index is 386. The summed E-state index contributed by atoms with van der Waals surface area (Å²) in [5.41, 5.74) is 0. The Kier molecular flexibility index (Phi) is 6.98. The summed E-state index contributed by atoms with van der Waals surface area (Å²) >= 11 is 0. The minimum Gasteiger partial charge on any atom is -0.481 e. The van der Waals surface area contributed by atoms with Crippen molar-refractivity contribution in [2.24, 2.45) is 5.92 Å². The minimum absolute atomic E-state index is 0.284. The van der Waals surface area contributed by atoms with Crippen LogP contribution in [0.5, 0.6) is 0 Å². The summed E-state index contributed by atoms with van der Waals surface area (Å²) in [4.78, 5) is 36.0. The molecule has 1 aliphatic heterocycles. The second kappa shape index (κ2) is 8.49. The predicted molar refractivity (Wildman–Crippen MR) is 75.8 cm³/mol. The quantitative estimate of drug-likeness (QED) is 0.568. The first-order valence-corrected chi connectivity index (χ1v) is 7.32. The Morgan fingerprint density at radius 3 is 2.71 bits per heavy atom. The van der Waals surface area contributed by atoms with Gasteiger partial charge in [0.15, 0.2) is 0 Å². The molecule has 0 spiro atoms. The maximum absolute atomic E-state index is 12.1. The van der Waals surface area contributed by atoms with Gasteiger partial charge in [-0.3, -0.25) is 4.79 Å². The van der Waals surface area contributed by atoms with Crippen molar-refractivity contribution in [2.75, 3.05) is 20.2 Å². The molecule has 0 saturated carbocycles. The normalized spacial score (nSPS) is 19.7. The van der Waals surface area contributed by atoms with Crippen LogP contribution in [0.4, 0.5) is 4.79 Å². The zero-order chi connectivity index (χ0) is 15.8. The van der Waals surface area contributed by atoms with Gasteiger partial charge in [-0.2, -0.15) is 0 Å². The third-order valence-electron chi connectivity index (χ3n) is 3.75. The Hall–Kier alpha value is -1.79. The summed E-state index contributed by atoms with van der Waals surface area (Å²) in [7, 11) is 1.32. The van der Waals surface area contributed by atoms with Gasteiger partial charge in [-0.25, -0.2) is 9.59 Å². The van der Waals surface area contributed by atoms with E-state index in [2.05, 4.69) is 5.32 Å². The number of ether oxygens (including phenoxy) is 1. The maximum atomic E-state index is 12.1. The molecule has 1 heterocycles. The Morgan fingerprint density at radius 2 is 2.10 bits per heavy atom. The lowest BCUT2D eigenvalue weighted by Crippen LogP contribution is -2.52. The number of aliphatic carboxylic acids is 1. The molecule has 2 unspecified atom stereocenters. The number of carbonyl (C=O) groups excluding carboxylic acids is 2. The molecule has 7 heteroatoms. The van der Waals surface area contributed by atoms with Crippen LogP contribution in [0.1, 0.15) is 39.0 Å². The van der Waals surface area contributed by atoms with E-state index in [1.165, 1.54) is 12.0 Å². The molecule has 7 nitrogen and oxygen atoms in total. The Labute approximate surface area is 124 Å². The van der Waals surface area contributed by atoms with E-state index in [9.17, 15) is 14.4 Å². The monoisotopic (exact) mass is 300 g/mol. The number of likely N-dealkylation sites (tertiary alicyclic amines) is 1. The van der Waals surface area contributed by atoms with E-state index in [1.807, 2.05) is 0 Å². The van der Waals surface area contributed by atoms with E-state index in [0.717, 1.165) is 12.8 Å². The molecule has 1 rings (SSSR count). The molecule has 1 saturated heterocycles. The lowest BCUT2D eigenvalue weighted by molar-refractivity contribution is -0.147. The molecule has 0 aromatic rings. The average molecular weight is 300 g/mol. The van der Waals surface area contributed by atoms with Crippen LogP contribution in [0.25, 0.3) is 0 Å². The van der Waals surface area contributed by atoms with E-state index in [-0.39, 0.29) is 12.0 Å². The lowest BCUT2D eigenvalue weighted by Gasteiger charge is -2.33. The van der Waals surface area contributed by atoms with Crippen molar-refractivity contribution in [3.05, 3.63) is 0 Å². The molecule has 0 radical (unpaired) electrons. The molecule has 2 N–H and O–H groups in total. The maximum Gasteiger partial charge on any atom is 0.328 e. The van der Waals surface area contributed by atoms with Crippen LogP contribution in [-0.4, -0.2) is 54.2 Å². The van der Waals surface area contributed by atoms with Gasteiger partial charge in [0.2, 0.25) is 0 Å². The van der Waals surface area contributed by atoms with Crippen LogP contribution in [-0.2, 0) is 14.3 Å². The molecule has 2 atom stereocenters. The summed E-state index contributed by atoms with van der Waals surface area (Å²) < 4.78 is 4.73. The summed E-state index contributed by atoms with van der Waals surface area (Å²) in [6.45, 7) is 2.58. The van der Waals surface area contributed by atoms with Gasteiger partial charge in [0.1, 0.15) is 6.04 Å². The molecule has 120 valence electrons. The molecule has 21 heavy (non-hydrogen) atoms. The number of urea groups is 1. The highest BCUT2D eigenvalue weighted by Crippen LogP contribution is 2.18. The Balaban J connectivity index is 2.38. The largest absolute Gasteiger partial charge is 0.481 e. The number of nitrogens with one attached hydrogen (secondary N) is 1. The average Bonchev–Trinajstić information content (AvgIpc) is 2.50. The molecule has 0 bridgehead atoms. The first-order chi connectivity index (χ1) is 9.97. The van der Waals surface area contributed by atoms with E-state index in [4.69, 9.17) is 9.84 Å². The molecular formula is C14H24N2O5. The molecular weight excluding hydrogens is 276 g/mol. The van der Waals surface area contributed by atoms with Crippen molar-refractivity contribution in [2.45, 2.75) is 45.1 Å². The lowest BCUT2D eigenvalue weighted by atomic mass is 10.0. The molecule has 0 aliphatic carbocycles. The number of hydrogen-bond donors (Lipinski definition) is 2. The third-order valence-corrected chi connectivity index (χ3v) is 3.75. The van der Waals surface area contributed by atoms with Crippen molar-refractivity contribution in [3.63, 3.8) is 0 Å². The standard InChI is InChI=1S/C14H24N2O5/c1-10(12(17)18)6-5-8-15-14(20)16-9-4-3-7-11(16)13(19)21-2/h10-11H,3-9H2,1-2H3,(H,15,20)(H,17,18). The van der Waals surface area contributed by atoms with Gasteiger partial charge in [-0.1, -0.05) is 6.92 Å². The second-order valence-corrected chi connectivity index (χ2v) is 5.34. The van der Waals surface area contributed by atoms with Gasteiger partial charge >= 0.3 is 18.0 Å². The zero-order valence-corrected chi connectivity index (χ0v) is 12.6. The van der Waals surface area contributed by atoms with Crippen molar-refractivity contribution in [1.29, 1.82) is 0 Å². The van der Waals surface area contributed by atoms with Gasteiger partial charge in [0, 0.05) is 13.1 Å². The molecule has 1 aliphatic rings. The van der Waals surface area contributed by atoms with Crippen molar-refractivity contribution >= 4 is 18.0 Å². The van der Waals surface area contributed by atoms with E-state index >= 15 is 0 Å². The van der Waals surface area contributed by atoms with E-state index in [1.54, 1.807) is 6.92 Å². The topological polar surface area (TPSA) is 95.9 Å². The number of amides is 2. The summed E-state index contributed by atoms with van der Waals surface area (Å²) in [6, 6.07) is -0.797. The minimum atomic E-state index is -0.830. The van der Waals surface area contributed by atoms with Crippen molar-refractivity contribution in [1.82, 2.24) is 10.2 Å². The SMILES string of the molecule is COC(=O)C1CCCCN1C(=O)NCCCC(C)C(=O)O.